The van der Waals surface area contributed by atoms with Crippen molar-refractivity contribution in [3.8, 4) is 0 Å². The summed E-state index contributed by atoms with van der Waals surface area (Å²) in [5.74, 6) is 0.688. The van der Waals surface area contributed by atoms with Gasteiger partial charge >= 0.3 is 0 Å². The molecule has 2 aromatic rings. The molecule has 1 aromatic heterocycles. The highest BCUT2D eigenvalue weighted by Gasteiger charge is 2.28. The van der Waals surface area contributed by atoms with Gasteiger partial charge in [0, 0.05) is 25.7 Å². The first-order valence-electron chi connectivity index (χ1n) is 8.51. The smallest absolute Gasteiger partial charge is 0.137 e. The molecule has 5 nitrogen and oxygen atoms in total. The van der Waals surface area contributed by atoms with Gasteiger partial charge in [-0.15, -0.1) is 0 Å². The molecule has 2 atom stereocenters. The van der Waals surface area contributed by atoms with Gasteiger partial charge in [-0.05, 0) is 31.5 Å². The van der Waals surface area contributed by atoms with Gasteiger partial charge in [0.1, 0.15) is 12.7 Å². The van der Waals surface area contributed by atoms with Gasteiger partial charge in [0.05, 0.1) is 6.54 Å². The summed E-state index contributed by atoms with van der Waals surface area (Å²) in [6.07, 6.45) is 4.63. The highest BCUT2D eigenvalue weighted by molar-refractivity contribution is 5.14. The van der Waals surface area contributed by atoms with Gasteiger partial charge in [-0.2, -0.15) is 5.10 Å². The molecule has 5 heteroatoms. The van der Waals surface area contributed by atoms with Gasteiger partial charge < -0.3 is 4.90 Å². The van der Waals surface area contributed by atoms with Crippen LogP contribution in [0, 0.1) is 5.92 Å². The Labute approximate surface area is 138 Å². The minimum atomic E-state index is 0.658. The van der Waals surface area contributed by atoms with Gasteiger partial charge in [0.2, 0.25) is 0 Å². The van der Waals surface area contributed by atoms with Crippen LogP contribution in [0.25, 0.3) is 0 Å². The van der Waals surface area contributed by atoms with E-state index in [0.29, 0.717) is 12.0 Å². The first kappa shape index (κ1) is 16.1. The van der Waals surface area contributed by atoms with E-state index in [0.717, 1.165) is 19.6 Å². The summed E-state index contributed by atoms with van der Waals surface area (Å²) in [4.78, 5) is 9.08. The summed E-state index contributed by atoms with van der Waals surface area (Å²) in [6, 6.07) is 11.4. The van der Waals surface area contributed by atoms with Crippen LogP contribution in [0.4, 0.5) is 0 Å². The molecule has 0 unspecified atom stereocenters. The largest absolute Gasteiger partial charge is 0.301 e. The van der Waals surface area contributed by atoms with Crippen LogP contribution < -0.4 is 0 Å². The molecular formula is C18H27N5. The highest BCUT2D eigenvalue weighted by Crippen LogP contribution is 2.22. The Morgan fingerprint density at radius 3 is 2.78 bits per heavy atom. The van der Waals surface area contributed by atoms with Crippen LogP contribution in [-0.2, 0) is 13.1 Å². The van der Waals surface area contributed by atoms with Crippen molar-refractivity contribution in [1.29, 1.82) is 0 Å². The minimum Gasteiger partial charge on any atom is -0.301 e. The fourth-order valence-corrected chi connectivity index (χ4v) is 3.63. The quantitative estimate of drug-likeness (QED) is 0.819. The molecule has 0 radical (unpaired) electrons. The molecule has 23 heavy (non-hydrogen) atoms. The maximum atomic E-state index is 4.18. The Balaban J connectivity index is 1.48. The van der Waals surface area contributed by atoms with E-state index < -0.39 is 0 Å². The van der Waals surface area contributed by atoms with Crippen molar-refractivity contribution in [3.63, 3.8) is 0 Å². The second-order valence-electron chi connectivity index (χ2n) is 6.69. The Hall–Kier alpha value is -1.72. The van der Waals surface area contributed by atoms with E-state index in [4.69, 9.17) is 0 Å². The average molecular weight is 313 g/mol. The van der Waals surface area contributed by atoms with Crippen molar-refractivity contribution in [2.75, 3.05) is 26.7 Å². The number of rotatable bonds is 6. The van der Waals surface area contributed by atoms with Crippen LogP contribution in [0.2, 0.25) is 0 Å². The van der Waals surface area contributed by atoms with Gasteiger partial charge in [-0.1, -0.05) is 37.3 Å². The van der Waals surface area contributed by atoms with E-state index in [9.17, 15) is 0 Å². The molecule has 0 bridgehead atoms. The Morgan fingerprint density at radius 2 is 2.09 bits per heavy atom. The van der Waals surface area contributed by atoms with Crippen molar-refractivity contribution in [2.24, 2.45) is 5.92 Å². The lowest BCUT2D eigenvalue weighted by Gasteiger charge is -2.41. The van der Waals surface area contributed by atoms with Gasteiger partial charge in [0.25, 0.3) is 0 Å². The number of nitrogens with zero attached hydrogens (tertiary/aromatic N) is 5. The van der Waals surface area contributed by atoms with E-state index in [1.165, 1.54) is 25.1 Å². The van der Waals surface area contributed by atoms with Gasteiger partial charge in [0.15, 0.2) is 0 Å². The molecule has 1 aromatic carbocycles. The molecule has 0 spiro atoms. The van der Waals surface area contributed by atoms with E-state index in [1.807, 2.05) is 4.68 Å². The topological polar surface area (TPSA) is 37.2 Å². The van der Waals surface area contributed by atoms with E-state index in [2.05, 4.69) is 64.2 Å². The van der Waals surface area contributed by atoms with E-state index in [1.54, 1.807) is 12.7 Å². The molecule has 124 valence electrons. The molecule has 1 saturated heterocycles. The number of hydrogen-bond donors (Lipinski definition) is 0. The summed E-state index contributed by atoms with van der Waals surface area (Å²) in [5, 5.41) is 4.18. The molecule has 1 aliphatic rings. The molecule has 0 aliphatic carbocycles. The average Bonchev–Trinajstić information content (AvgIpc) is 3.07. The number of piperidine rings is 1. The Bertz CT molecular complexity index is 568. The van der Waals surface area contributed by atoms with Crippen LogP contribution in [0.3, 0.4) is 0 Å². The zero-order valence-electron chi connectivity index (χ0n) is 14.2. The molecule has 1 fully saturated rings. The molecule has 2 heterocycles. The normalized spacial score (nSPS) is 22.6. The summed E-state index contributed by atoms with van der Waals surface area (Å²) in [7, 11) is 2.24. The van der Waals surface area contributed by atoms with Crippen LogP contribution in [0.1, 0.15) is 18.9 Å². The van der Waals surface area contributed by atoms with Crippen molar-refractivity contribution < 1.29 is 0 Å². The number of likely N-dealkylation sites (tertiary alicyclic amines) is 1. The SMILES string of the molecule is C[C@H]1CN(Cc2ccccc2)CC[C@@H]1N(C)CCn1cncn1. The van der Waals surface area contributed by atoms with E-state index in [-0.39, 0.29) is 0 Å². The minimum absolute atomic E-state index is 0.658. The molecule has 0 amide bonds. The number of benzene rings is 1. The molecule has 0 N–H and O–H groups in total. The number of likely N-dealkylation sites (N-methyl/N-ethyl adjacent to an activating group) is 1. The lowest BCUT2D eigenvalue weighted by Crippen LogP contribution is -2.49. The highest BCUT2D eigenvalue weighted by atomic mass is 15.3. The maximum absolute atomic E-state index is 4.18. The van der Waals surface area contributed by atoms with Gasteiger partial charge in [-0.3, -0.25) is 9.58 Å². The summed E-state index contributed by atoms with van der Waals surface area (Å²) in [5.41, 5.74) is 1.41. The van der Waals surface area contributed by atoms with E-state index >= 15 is 0 Å². The maximum Gasteiger partial charge on any atom is 0.137 e. The van der Waals surface area contributed by atoms with Crippen LogP contribution >= 0.6 is 0 Å². The first-order chi connectivity index (χ1) is 11.2. The van der Waals surface area contributed by atoms with Gasteiger partial charge in [-0.25, -0.2) is 4.98 Å². The van der Waals surface area contributed by atoms with Crippen molar-refractivity contribution >= 4 is 0 Å². The van der Waals surface area contributed by atoms with Crippen molar-refractivity contribution in [3.05, 3.63) is 48.5 Å². The molecule has 3 rings (SSSR count). The van der Waals surface area contributed by atoms with Crippen LogP contribution in [-0.4, -0.2) is 57.3 Å². The Kier molecular flexibility index (Phi) is 5.41. The zero-order valence-corrected chi connectivity index (χ0v) is 14.2. The fraction of sp³-hybridized carbons (Fsp3) is 0.556. The van der Waals surface area contributed by atoms with Crippen LogP contribution in [0.5, 0.6) is 0 Å². The summed E-state index contributed by atoms with van der Waals surface area (Å²) in [6.45, 7) is 7.74. The first-order valence-corrected chi connectivity index (χ1v) is 8.51. The monoisotopic (exact) mass is 313 g/mol. The fourth-order valence-electron chi connectivity index (χ4n) is 3.63. The third kappa shape index (κ3) is 4.39. The molecular weight excluding hydrogens is 286 g/mol. The summed E-state index contributed by atoms with van der Waals surface area (Å²) >= 11 is 0. The second-order valence-corrected chi connectivity index (χ2v) is 6.69. The zero-order chi connectivity index (χ0) is 16.1. The van der Waals surface area contributed by atoms with Crippen molar-refractivity contribution in [2.45, 2.75) is 32.5 Å². The Morgan fingerprint density at radius 1 is 1.26 bits per heavy atom. The molecule has 0 saturated carbocycles. The third-order valence-electron chi connectivity index (χ3n) is 4.91. The third-order valence-corrected chi connectivity index (χ3v) is 4.91. The predicted octanol–water partition coefficient (Wildman–Crippen LogP) is 2.12. The molecule has 1 aliphatic heterocycles. The van der Waals surface area contributed by atoms with Crippen LogP contribution in [0.15, 0.2) is 43.0 Å². The number of aromatic nitrogens is 3. The number of hydrogen-bond acceptors (Lipinski definition) is 4. The predicted molar refractivity (Wildman–Crippen MR) is 91.9 cm³/mol. The summed E-state index contributed by atoms with van der Waals surface area (Å²) < 4.78 is 1.91. The standard InChI is InChI=1S/C18H27N5/c1-16-12-22(13-17-6-4-3-5-7-17)9-8-18(16)21(2)10-11-23-15-19-14-20-23/h3-7,14-16,18H,8-13H2,1-2H3/t16-,18-/m0/s1. The lowest BCUT2D eigenvalue weighted by molar-refractivity contribution is 0.0734. The lowest BCUT2D eigenvalue weighted by atomic mass is 9.92. The van der Waals surface area contributed by atoms with Crippen molar-refractivity contribution in [1.82, 2.24) is 24.6 Å². The second kappa shape index (κ2) is 7.70.